The summed E-state index contributed by atoms with van der Waals surface area (Å²) in [5.74, 6) is -3.08. The summed E-state index contributed by atoms with van der Waals surface area (Å²) in [7, 11) is 0. The molecule has 80 valence electrons. The lowest BCUT2D eigenvalue weighted by molar-refractivity contribution is -0.196. The number of hydrogen-bond donors (Lipinski definition) is 0. The monoisotopic (exact) mass is 234 g/mol. The highest BCUT2D eigenvalue weighted by Crippen LogP contribution is 2.23. The van der Waals surface area contributed by atoms with Gasteiger partial charge in [-0.05, 0) is 12.1 Å². The molecule has 1 rings (SSSR count). The number of halogens is 6. The van der Waals surface area contributed by atoms with Gasteiger partial charge in [0.1, 0.15) is 5.69 Å². The highest BCUT2D eigenvalue weighted by atomic mass is 35.5. The van der Waals surface area contributed by atoms with Gasteiger partial charge < -0.3 is 0 Å². The SMILES string of the molecule is Cl.Fc1cccc(N(F)N(F)F)c1F. The van der Waals surface area contributed by atoms with Gasteiger partial charge in [-0.2, -0.15) is 0 Å². The lowest BCUT2D eigenvalue weighted by Gasteiger charge is -2.12. The van der Waals surface area contributed by atoms with E-state index < -0.39 is 28.0 Å². The second-order valence-corrected chi connectivity index (χ2v) is 2.05. The fourth-order valence-corrected chi connectivity index (χ4v) is 0.716. The molecule has 2 nitrogen and oxygen atoms in total. The van der Waals surface area contributed by atoms with Crippen molar-refractivity contribution in [2.45, 2.75) is 0 Å². The third-order valence-electron chi connectivity index (χ3n) is 1.26. The van der Waals surface area contributed by atoms with Crippen molar-refractivity contribution in [2.75, 3.05) is 5.23 Å². The molecule has 1 aromatic rings. The topological polar surface area (TPSA) is 6.48 Å². The zero-order valence-corrected chi connectivity index (χ0v) is 7.24. The highest BCUT2D eigenvalue weighted by Gasteiger charge is 2.20. The van der Waals surface area contributed by atoms with E-state index in [0.29, 0.717) is 12.1 Å². The summed E-state index contributed by atoms with van der Waals surface area (Å²) in [6.45, 7) is 0. The van der Waals surface area contributed by atoms with E-state index in [1.54, 1.807) is 0 Å². The van der Waals surface area contributed by atoms with Crippen molar-refractivity contribution in [3.05, 3.63) is 29.8 Å². The van der Waals surface area contributed by atoms with E-state index in [0.717, 1.165) is 6.07 Å². The molecule has 0 fully saturated rings. The van der Waals surface area contributed by atoms with Crippen LogP contribution in [-0.2, 0) is 0 Å². The number of benzene rings is 1. The number of anilines is 1. The average molecular weight is 235 g/mol. The molecular formula is C6H4ClF5N2. The Bertz CT molecular complexity index is 308. The van der Waals surface area contributed by atoms with E-state index in [1.165, 1.54) is 0 Å². The summed E-state index contributed by atoms with van der Waals surface area (Å²) in [5.41, 5.74) is -3.19. The van der Waals surface area contributed by atoms with Crippen molar-refractivity contribution in [1.82, 2.24) is 5.45 Å². The molecule has 0 radical (unpaired) electrons. The van der Waals surface area contributed by atoms with Crippen LogP contribution in [-0.4, -0.2) is 5.45 Å². The van der Waals surface area contributed by atoms with Crippen molar-refractivity contribution >= 4 is 18.1 Å². The lowest BCUT2D eigenvalue weighted by Crippen LogP contribution is -2.23. The standard InChI is InChI=1S/C6H3F5N2.ClH/c7-4-2-1-3-5(6(4)8)12(9)13(10)11;/h1-3H;1H. The molecule has 0 amide bonds. The Hall–Kier alpha value is -1.08. The predicted molar refractivity (Wildman–Crippen MR) is 41.2 cm³/mol. The van der Waals surface area contributed by atoms with Gasteiger partial charge in [-0.15, -0.1) is 12.4 Å². The smallest absolute Gasteiger partial charge is 0.186 e. The molecule has 8 heteroatoms. The van der Waals surface area contributed by atoms with E-state index >= 15 is 0 Å². The molecule has 0 aliphatic rings. The minimum Gasteiger partial charge on any atom is -0.204 e. The second kappa shape index (κ2) is 4.97. The number of hydrogen-bond acceptors (Lipinski definition) is 2. The van der Waals surface area contributed by atoms with Gasteiger partial charge in [-0.3, -0.25) is 0 Å². The van der Waals surface area contributed by atoms with E-state index in [-0.39, 0.29) is 12.4 Å². The summed E-state index contributed by atoms with van der Waals surface area (Å²) < 4.78 is 60.3. The minimum absolute atomic E-state index is 0. The third kappa shape index (κ3) is 2.46. The maximum Gasteiger partial charge on any atom is 0.186 e. The average Bonchev–Trinajstić information content (AvgIpc) is 2.08. The van der Waals surface area contributed by atoms with Gasteiger partial charge in [-0.25, -0.2) is 8.78 Å². The molecule has 0 heterocycles. The fraction of sp³-hybridized carbons (Fsp3) is 0. The Kier molecular flexibility index (Phi) is 4.58. The van der Waals surface area contributed by atoms with Gasteiger partial charge in [0.05, 0.1) is 0 Å². The van der Waals surface area contributed by atoms with Crippen molar-refractivity contribution in [1.29, 1.82) is 0 Å². The van der Waals surface area contributed by atoms with Crippen LogP contribution in [0.25, 0.3) is 0 Å². The molecule has 0 bridgehead atoms. The van der Waals surface area contributed by atoms with Gasteiger partial charge in [0.25, 0.3) is 0 Å². The highest BCUT2D eigenvalue weighted by molar-refractivity contribution is 5.85. The van der Waals surface area contributed by atoms with Crippen LogP contribution in [0.5, 0.6) is 0 Å². The molecule has 0 unspecified atom stereocenters. The molecule has 14 heavy (non-hydrogen) atoms. The Labute approximate surface area is 81.7 Å². The minimum atomic E-state index is -2.00. The van der Waals surface area contributed by atoms with E-state index in [2.05, 4.69) is 0 Å². The van der Waals surface area contributed by atoms with Gasteiger partial charge >= 0.3 is 0 Å². The van der Waals surface area contributed by atoms with Crippen molar-refractivity contribution in [3.8, 4) is 0 Å². The first-order valence-electron chi connectivity index (χ1n) is 3.05. The Morgan fingerprint density at radius 2 is 1.57 bits per heavy atom. The summed E-state index contributed by atoms with van der Waals surface area (Å²) >= 11 is 0. The van der Waals surface area contributed by atoms with Crippen LogP contribution < -0.4 is 5.23 Å². The van der Waals surface area contributed by atoms with Crippen molar-refractivity contribution in [2.24, 2.45) is 0 Å². The van der Waals surface area contributed by atoms with Gasteiger partial charge in [-0.1, -0.05) is 24.7 Å². The molecule has 0 spiro atoms. The zero-order chi connectivity index (χ0) is 10.0. The maximum absolute atomic E-state index is 12.6. The number of rotatable bonds is 2. The van der Waals surface area contributed by atoms with E-state index in [9.17, 15) is 22.2 Å². The first-order valence-corrected chi connectivity index (χ1v) is 3.05. The maximum atomic E-state index is 12.6. The number of hydrazine groups is 1. The summed E-state index contributed by atoms with van der Waals surface area (Å²) in [6, 6.07) is 2.27. The summed E-state index contributed by atoms with van der Waals surface area (Å²) in [6.07, 6.45) is 0. The van der Waals surface area contributed by atoms with Crippen molar-refractivity contribution in [3.63, 3.8) is 0 Å². The van der Waals surface area contributed by atoms with Crippen LogP contribution in [0.2, 0.25) is 0 Å². The van der Waals surface area contributed by atoms with Gasteiger partial charge in [0.15, 0.2) is 17.1 Å². The zero-order valence-electron chi connectivity index (χ0n) is 6.42. The first kappa shape index (κ1) is 12.9. The molecule has 0 saturated heterocycles. The molecule has 0 aromatic heterocycles. The van der Waals surface area contributed by atoms with Crippen LogP contribution in [0.4, 0.5) is 27.9 Å². The Morgan fingerprint density at radius 3 is 2.07 bits per heavy atom. The quantitative estimate of drug-likeness (QED) is 0.441. The molecule has 0 N–H and O–H groups in total. The van der Waals surface area contributed by atoms with E-state index in [4.69, 9.17) is 0 Å². The molecule has 0 aliphatic carbocycles. The summed E-state index contributed by atoms with van der Waals surface area (Å²) in [4.78, 5) is 0. The Morgan fingerprint density at radius 1 is 1.00 bits per heavy atom. The third-order valence-corrected chi connectivity index (χ3v) is 1.26. The van der Waals surface area contributed by atoms with Crippen LogP contribution in [0.15, 0.2) is 18.2 Å². The number of nitrogens with zero attached hydrogens (tertiary/aromatic N) is 2. The van der Waals surface area contributed by atoms with Gasteiger partial charge in [0.2, 0.25) is 0 Å². The fourth-order valence-electron chi connectivity index (χ4n) is 0.716. The largest absolute Gasteiger partial charge is 0.204 e. The second-order valence-electron chi connectivity index (χ2n) is 2.05. The van der Waals surface area contributed by atoms with Crippen LogP contribution in [0, 0.1) is 11.6 Å². The molecule has 0 aliphatic heterocycles. The predicted octanol–water partition coefficient (Wildman–Crippen LogP) is 3.06. The normalized spacial score (nSPS) is 9.86. The molecule has 1 aromatic carbocycles. The molecular weight excluding hydrogens is 231 g/mol. The van der Waals surface area contributed by atoms with Crippen LogP contribution in [0.3, 0.4) is 0 Å². The van der Waals surface area contributed by atoms with E-state index in [1.807, 2.05) is 0 Å². The Balaban J connectivity index is 0.00000169. The van der Waals surface area contributed by atoms with Gasteiger partial charge in [0, 0.05) is 0 Å². The van der Waals surface area contributed by atoms with Crippen molar-refractivity contribution < 1.29 is 22.2 Å². The first-order chi connectivity index (χ1) is 6.04. The molecule has 0 atom stereocenters. The lowest BCUT2D eigenvalue weighted by atomic mass is 10.3. The summed E-state index contributed by atoms with van der Waals surface area (Å²) in [5, 5.41) is -1.31. The van der Waals surface area contributed by atoms with Crippen LogP contribution >= 0.6 is 12.4 Å². The molecule has 0 saturated carbocycles. The van der Waals surface area contributed by atoms with Crippen LogP contribution in [0.1, 0.15) is 0 Å².